The first-order chi connectivity index (χ1) is 8.09. The molecule has 0 aliphatic heterocycles. The first-order valence-electron chi connectivity index (χ1n) is 6.17. The van der Waals surface area contributed by atoms with Gasteiger partial charge >= 0.3 is 5.97 Å². The number of rotatable bonds is 4. The minimum Gasteiger partial charge on any atom is -0.478 e. The SMILES string of the molecule is Cc1cc(C(=O)O)c(C)n1CCC1=CCCC1. The number of carboxylic acids is 1. The molecule has 1 aliphatic rings. The number of allylic oxidation sites excluding steroid dienone is 2. The Balaban J connectivity index is 2.12. The van der Waals surface area contributed by atoms with E-state index in [2.05, 4.69) is 10.6 Å². The van der Waals surface area contributed by atoms with Crippen molar-refractivity contribution in [3.63, 3.8) is 0 Å². The van der Waals surface area contributed by atoms with Crippen LogP contribution < -0.4 is 0 Å². The molecule has 1 aromatic heterocycles. The lowest BCUT2D eigenvalue weighted by atomic mass is 10.1. The lowest BCUT2D eigenvalue weighted by Gasteiger charge is -2.09. The van der Waals surface area contributed by atoms with Crippen LogP contribution in [0.4, 0.5) is 0 Å². The molecule has 0 amide bonds. The van der Waals surface area contributed by atoms with E-state index in [0.29, 0.717) is 5.56 Å². The maximum absolute atomic E-state index is 11.0. The first kappa shape index (κ1) is 12.0. The molecule has 1 heterocycles. The fraction of sp³-hybridized carbons (Fsp3) is 0.500. The van der Waals surface area contributed by atoms with Gasteiger partial charge in [0.1, 0.15) is 0 Å². The summed E-state index contributed by atoms with van der Waals surface area (Å²) in [5.41, 5.74) is 3.87. The third-order valence-electron chi connectivity index (χ3n) is 3.60. The van der Waals surface area contributed by atoms with Crippen molar-refractivity contribution in [2.45, 2.75) is 46.1 Å². The average Bonchev–Trinajstić information content (AvgIpc) is 2.86. The molecule has 1 N–H and O–H groups in total. The zero-order chi connectivity index (χ0) is 12.4. The number of hydrogen-bond donors (Lipinski definition) is 1. The number of nitrogens with zero attached hydrogens (tertiary/aromatic N) is 1. The van der Waals surface area contributed by atoms with E-state index in [1.54, 1.807) is 6.07 Å². The Labute approximate surface area is 102 Å². The van der Waals surface area contributed by atoms with Gasteiger partial charge < -0.3 is 9.67 Å². The molecular formula is C14H19NO2. The van der Waals surface area contributed by atoms with E-state index < -0.39 is 5.97 Å². The van der Waals surface area contributed by atoms with Crippen LogP contribution in [0.3, 0.4) is 0 Å². The smallest absolute Gasteiger partial charge is 0.337 e. The summed E-state index contributed by atoms with van der Waals surface area (Å²) >= 11 is 0. The van der Waals surface area contributed by atoms with Crippen molar-refractivity contribution in [2.75, 3.05) is 0 Å². The molecule has 0 radical (unpaired) electrons. The van der Waals surface area contributed by atoms with Crippen LogP contribution in [-0.2, 0) is 6.54 Å². The summed E-state index contributed by atoms with van der Waals surface area (Å²) in [6.07, 6.45) is 7.07. The van der Waals surface area contributed by atoms with Gasteiger partial charge in [-0.1, -0.05) is 11.6 Å². The van der Waals surface area contributed by atoms with Crippen molar-refractivity contribution < 1.29 is 9.90 Å². The van der Waals surface area contributed by atoms with Crippen LogP contribution in [0.15, 0.2) is 17.7 Å². The Bertz CT molecular complexity index is 469. The van der Waals surface area contributed by atoms with Gasteiger partial charge in [-0.2, -0.15) is 0 Å². The first-order valence-corrected chi connectivity index (χ1v) is 6.17. The normalized spacial score (nSPS) is 15.1. The summed E-state index contributed by atoms with van der Waals surface area (Å²) in [5, 5.41) is 9.06. The molecule has 1 aromatic rings. The Morgan fingerprint density at radius 3 is 2.76 bits per heavy atom. The van der Waals surface area contributed by atoms with E-state index in [0.717, 1.165) is 24.4 Å². The van der Waals surface area contributed by atoms with E-state index in [1.807, 2.05) is 13.8 Å². The summed E-state index contributed by atoms with van der Waals surface area (Å²) in [4.78, 5) is 11.0. The molecule has 3 nitrogen and oxygen atoms in total. The molecule has 2 rings (SSSR count). The molecule has 0 atom stereocenters. The number of aryl methyl sites for hydroxylation is 1. The van der Waals surface area contributed by atoms with Crippen molar-refractivity contribution in [1.29, 1.82) is 0 Å². The van der Waals surface area contributed by atoms with E-state index in [9.17, 15) is 4.79 Å². The van der Waals surface area contributed by atoms with Crippen LogP contribution in [0.5, 0.6) is 0 Å². The zero-order valence-electron chi connectivity index (χ0n) is 10.5. The van der Waals surface area contributed by atoms with Crippen LogP contribution >= 0.6 is 0 Å². The molecule has 0 bridgehead atoms. The van der Waals surface area contributed by atoms with Gasteiger partial charge in [-0.15, -0.1) is 0 Å². The van der Waals surface area contributed by atoms with Crippen molar-refractivity contribution in [3.8, 4) is 0 Å². The topological polar surface area (TPSA) is 42.2 Å². The molecule has 92 valence electrons. The standard InChI is InChI=1S/C14H19NO2/c1-10-9-13(14(16)17)11(2)15(10)8-7-12-5-3-4-6-12/h5,9H,3-4,6-8H2,1-2H3,(H,16,17). The lowest BCUT2D eigenvalue weighted by molar-refractivity contribution is 0.0696. The van der Waals surface area contributed by atoms with Crippen molar-refractivity contribution in [1.82, 2.24) is 4.57 Å². The largest absolute Gasteiger partial charge is 0.478 e. The van der Waals surface area contributed by atoms with Gasteiger partial charge in [0, 0.05) is 17.9 Å². The number of carboxylic acid groups (broad SMARTS) is 1. The molecule has 1 aliphatic carbocycles. The van der Waals surface area contributed by atoms with E-state index in [4.69, 9.17) is 5.11 Å². The summed E-state index contributed by atoms with van der Waals surface area (Å²) < 4.78 is 2.11. The fourth-order valence-electron chi connectivity index (χ4n) is 2.58. The van der Waals surface area contributed by atoms with Gasteiger partial charge in [0.2, 0.25) is 0 Å². The third-order valence-corrected chi connectivity index (χ3v) is 3.60. The fourth-order valence-corrected chi connectivity index (χ4v) is 2.58. The summed E-state index contributed by atoms with van der Waals surface area (Å²) in [6, 6.07) is 1.76. The minimum absolute atomic E-state index is 0.433. The van der Waals surface area contributed by atoms with E-state index >= 15 is 0 Å². The Hall–Kier alpha value is -1.51. The molecule has 0 fully saturated rings. The average molecular weight is 233 g/mol. The molecule has 0 spiro atoms. The summed E-state index contributed by atoms with van der Waals surface area (Å²) in [5.74, 6) is -0.829. The molecule has 0 saturated carbocycles. The molecule has 0 saturated heterocycles. The lowest BCUT2D eigenvalue weighted by Crippen LogP contribution is -2.05. The van der Waals surface area contributed by atoms with Crippen molar-refractivity contribution in [2.24, 2.45) is 0 Å². The van der Waals surface area contributed by atoms with E-state index in [-0.39, 0.29) is 0 Å². The molecule has 0 unspecified atom stereocenters. The monoisotopic (exact) mass is 233 g/mol. The van der Waals surface area contributed by atoms with E-state index in [1.165, 1.54) is 24.8 Å². The molecule has 0 aromatic carbocycles. The molecule has 17 heavy (non-hydrogen) atoms. The second-order valence-electron chi connectivity index (χ2n) is 4.75. The highest BCUT2D eigenvalue weighted by molar-refractivity contribution is 5.89. The number of hydrogen-bond acceptors (Lipinski definition) is 1. The second-order valence-corrected chi connectivity index (χ2v) is 4.75. The zero-order valence-corrected chi connectivity index (χ0v) is 10.5. The van der Waals surface area contributed by atoms with Crippen LogP contribution in [0.25, 0.3) is 0 Å². The summed E-state index contributed by atoms with van der Waals surface area (Å²) in [7, 11) is 0. The molecule has 3 heteroatoms. The Morgan fingerprint density at radius 1 is 1.47 bits per heavy atom. The van der Waals surface area contributed by atoms with Crippen LogP contribution in [0.1, 0.15) is 47.4 Å². The highest BCUT2D eigenvalue weighted by atomic mass is 16.4. The highest BCUT2D eigenvalue weighted by Crippen LogP contribution is 2.23. The minimum atomic E-state index is -0.829. The van der Waals surface area contributed by atoms with Gasteiger partial charge in [0.15, 0.2) is 0 Å². The molecular weight excluding hydrogens is 214 g/mol. The maximum atomic E-state index is 11.0. The van der Waals surface area contributed by atoms with Crippen LogP contribution in [0.2, 0.25) is 0 Å². The summed E-state index contributed by atoms with van der Waals surface area (Å²) in [6.45, 7) is 4.76. The third kappa shape index (κ3) is 2.43. The number of carbonyl (C=O) groups is 1. The second kappa shape index (κ2) is 4.78. The van der Waals surface area contributed by atoms with Crippen molar-refractivity contribution >= 4 is 5.97 Å². The Kier molecular flexibility index (Phi) is 3.36. The number of aromatic nitrogens is 1. The quantitative estimate of drug-likeness (QED) is 0.811. The van der Waals surface area contributed by atoms with Gasteiger partial charge in [-0.25, -0.2) is 4.79 Å². The Morgan fingerprint density at radius 2 is 2.24 bits per heavy atom. The maximum Gasteiger partial charge on any atom is 0.337 e. The van der Waals surface area contributed by atoms with Crippen LogP contribution in [0, 0.1) is 13.8 Å². The predicted molar refractivity (Wildman–Crippen MR) is 67.4 cm³/mol. The number of aromatic carboxylic acids is 1. The predicted octanol–water partition coefficient (Wildman–Crippen LogP) is 3.30. The highest BCUT2D eigenvalue weighted by Gasteiger charge is 2.14. The van der Waals surface area contributed by atoms with Crippen LogP contribution in [-0.4, -0.2) is 15.6 Å². The van der Waals surface area contributed by atoms with Gasteiger partial charge in [0.05, 0.1) is 5.56 Å². The van der Waals surface area contributed by atoms with Gasteiger partial charge in [-0.05, 0) is 45.6 Å². The van der Waals surface area contributed by atoms with Gasteiger partial charge in [-0.3, -0.25) is 0 Å². The van der Waals surface area contributed by atoms with Gasteiger partial charge in [0.25, 0.3) is 0 Å². The van der Waals surface area contributed by atoms with Crippen molar-refractivity contribution in [3.05, 3.63) is 34.7 Å².